The van der Waals surface area contributed by atoms with Gasteiger partial charge in [0.1, 0.15) is 18.6 Å². The maximum Gasteiger partial charge on any atom is 0.322 e. The number of hydrogen-bond acceptors (Lipinski definition) is 5. The number of carboxylic acids is 1. The number of rotatable bonds is 10. The second-order valence-corrected chi connectivity index (χ2v) is 6.81. The van der Waals surface area contributed by atoms with Crippen LogP contribution in [0.15, 0.2) is 0 Å². The van der Waals surface area contributed by atoms with Gasteiger partial charge in [0.05, 0.1) is 6.04 Å². The summed E-state index contributed by atoms with van der Waals surface area (Å²) in [6.45, 7) is 8.26. The molecular weight excluding hydrogens is 328 g/mol. The Morgan fingerprint density at radius 3 is 1.92 bits per heavy atom. The van der Waals surface area contributed by atoms with Gasteiger partial charge in [0.15, 0.2) is 0 Å². The first-order valence-electron chi connectivity index (χ1n) is 8.31. The van der Waals surface area contributed by atoms with Crippen molar-refractivity contribution in [2.24, 2.45) is 17.6 Å². The molecule has 0 rings (SSSR count). The van der Waals surface area contributed by atoms with E-state index in [0.717, 1.165) is 0 Å². The number of carboxylic acid groups (broad SMARTS) is 1. The van der Waals surface area contributed by atoms with Gasteiger partial charge in [0.2, 0.25) is 17.7 Å². The second kappa shape index (κ2) is 10.7. The van der Waals surface area contributed by atoms with Gasteiger partial charge in [0.25, 0.3) is 0 Å². The predicted octanol–water partition coefficient (Wildman–Crippen LogP) is -0.794. The zero-order chi connectivity index (χ0) is 19.7. The van der Waals surface area contributed by atoms with Gasteiger partial charge in [-0.1, -0.05) is 27.7 Å². The standard InChI is InChI=1S/C16H30N4O5/c1-8(2)6-11(17)15(24)19-10(5)14(23)20-13(9(3)4)16(25)18-7-12(21)22/h8-11,13H,6-7,17H2,1-5H3,(H,18,25)(H,19,24)(H,20,23)(H,21,22). The third-order valence-electron chi connectivity index (χ3n) is 3.47. The molecule has 0 aromatic rings. The van der Waals surface area contributed by atoms with Gasteiger partial charge in [-0.05, 0) is 25.2 Å². The minimum absolute atomic E-state index is 0.244. The Balaban J connectivity index is 4.70. The Morgan fingerprint density at radius 2 is 1.48 bits per heavy atom. The van der Waals surface area contributed by atoms with Crippen molar-refractivity contribution < 1.29 is 24.3 Å². The van der Waals surface area contributed by atoms with E-state index in [9.17, 15) is 19.2 Å². The van der Waals surface area contributed by atoms with Crippen LogP contribution in [0.2, 0.25) is 0 Å². The third kappa shape index (κ3) is 9.04. The van der Waals surface area contributed by atoms with Crippen molar-refractivity contribution in [3.8, 4) is 0 Å². The van der Waals surface area contributed by atoms with Crippen molar-refractivity contribution in [3.05, 3.63) is 0 Å². The largest absolute Gasteiger partial charge is 0.480 e. The van der Waals surface area contributed by atoms with E-state index >= 15 is 0 Å². The molecule has 144 valence electrons. The van der Waals surface area contributed by atoms with E-state index in [1.807, 2.05) is 13.8 Å². The monoisotopic (exact) mass is 358 g/mol. The smallest absolute Gasteiger partial charge is 0.322 e. The van der Waals surface area contributed by atoms with Crippen LogP contribution in [0.3, 0.4) is 0 Å². The summed E-state index contributed by atoms with van der Waals surface area (Å²) < 4.78 is 0. The Bertz CT molecular complexity index is 493. The van der Waals surface area contributed by atoms with Gasteiger partial charge in [-0.25, -0.2) is 0 Å². The minimum atomic E-state index is -1.18. The number of amides is 3. The zero-order valence-corrected chi connectivity index (χ0v) is 15.5. The van der Waals surface area contributed by atoms with Crippen molar-refractivity contribution in [3.63, 3.8) is 0 Å². The van der Waals surface area contributed by atoms with Crippen LogP contribution in [0, 0.1) is 11.8 Å². The van der Waals surface area contributed by atoms with Crippen LogP contribution in [-0.4, -0.2) is 53.5 Å². The number of hydrogen-bond donors (Lipinski definition) is 5. The van der Waals surface area contributed by atoms with Crippen molar-refractivity contribution in [2.45, 2.75) is 59.2 Å². The molecule has 0 aliphatic rings. The molecule has 0 aliphatic carbocycles. The molecule has 25 heavy (non-hydrogen) atoms. The molecule has 0 heterocycles. The average molecular weight is 358 g/mol. The maximum atomic E-state index is 12.2. The Kier molecular flexibility index (Phi) is 9.73. The fraction of sp³-hybridized carbons (Fsp3) is 0.750. The van der Waals surface area contributed by atoms with Crippen LogP contribution in [0.4, 0.5) is 0 Å². The average Bonchev–Trinajstić information content (AvgIpc) is 2.48. The summed E-state index contributed by atoms with van der Waals surface area (Å²) in [6, 6.07) is -2.50. The number of nitrogens with two attached hydrogens (primary N) is 1. The van der Waals surface area contributed by atoms with Crippen LogP contribution in [-0.2, 0) is 19.2 Å². The van der Waals surface area contributed by atoms with E-state index in [-0.39, 0.29) is 11.8 Å². The number of nitrogens with one attached hydrogen (secondary N) is 3. The minimum Gasteiger partial charge on any atom is -0.480 e. The molecule has 9 nitrogen and oxygen atoms in total. The highest BCUT2D eigenvalue weighted by molar-refractivity contribution is 5.93. The summed E-state index contributed by atoms with van der Waals surface area (Å²) in [5.74, 6) is -2.78. The lowest BCUT2D eigenvalue weighted by atomic mass is 10.0. The number of carbonyl (C=O) groups is 4. The summed E-state index contributed by atoms with van der Waals surface area (Å²) in [5, 5.41) is 15.9. The lowest BCUT2D eigenvalue weighted by Crippen LogP contribution is -2.56. The summed E-state index contributed by atoms with van der Waals surface area (Å²) in [5.41, 5.74) is 5.77. The molecule has 0 aliphatic heterocycles. The lowest BCUT2D eigenvalue weighted by Gasteiger charge is -2.24. The van der Waals surface area contributed by atoms with Crippen LogP contribution >= 0.6 is 0 Å². The molecule has 0 saturated heterocycles. The van der Waals surface area contributed by atoms with E-state index in [1.54, 1.807) is 13.8 Å². The Hall–Kier alpha value is -2.16. The number of carbonyl (C=O) groups excluding carboxylic acids is 3. The van der Waals surface area contributed by atoms with Gasteiger partial charge in [-0.3, -0.25) is 19.2 Å². The van der Waals surface area contributed by atoms with Gasteiger partial charge < -0.3 is 26.8 Å². The SMILES string of the molecule is CC(C)CC(N)C(=O)NC(C)C(=O)NC(C(=O)NCC(=O)O)C(C)C. The molecule has 0 fully saturated rings. The fourth-order valence-corrected chi connectivity index (χ4v) is 2.09. The molecule has 0 aromatic heterocycles. The number of aliphatic carboxylic acids is 1. The molecule has 3 unspecified atom stereocenters. The van der Waals surface area contributed by atoms with Gasteiger partial charge in [0, 0.05) is 0 Å². The molecular formula is C16H30N4O5. The highest BCUT2D eigenvalue weighted by atomic mass is 16.4. The molecule has 0 bridgehead atoms. The van der Waals surface area contributed by atoms with Gasteiger partial charge in [-0.15, -0.1) is 0 Å². The molecule has 9 heteroatoms. The highest BCUT2D eigenvalue weighted by Crippen LogP contribution is 2.04. The van der Waals surface area contributed by atoms with Crippen LogP contribution in [0.25, 0.3) is 0 Å². The van der Waals surface area contributed by atoms with E-state index in [4.69, 9.17) is 10.8 Å². The molecule has 6 N–H and O–H groups in total. The second-order valence-electron chi connectivity index (χ2n) is 6.81. The van der Waals surface area contributed by atoms with Crippen molar-refractivity contribution >= 4 is 23.7 Å². The molecule has 0 saturated carbocycles. The normalized spacial score (nSPS) is 14.6. The van der Waals surface area contributed by atoms with Crippen LogP contribution < -0.4 is 21.7 Å². The molecule has 3 amide bonds. The van der Waals surface area contributed by atoms with Gasteiger partial charge in [-0.2, -0.15) is 0 Å². The Morgan fingerprint density at radius 1 is 0.920 bits per heavy atom. The molecule has 3 atom stereocenters. The van der Waals surface area contributed by atoms with Crippen molar-refractivity contribution in [1.29, 1.82) is 0 Å². The zero-order valence-electron chi connectivity index (χ0n) is 15.5. The quantitative estimate of drug-likeness (QED) is 0.345. The van der Waals surface area contributed by atoms with E-state index < -0.39 is 48.4 Å². The first kappa shape index (κ1) is 22.8. The lowest BCUT2D eigenvalue weighted by molar-refractivity contribution is -0.138. The Labute approximate surface area is 148 Å². The van der Waals surface area contributed by atoms with E-state index in [1.165, 1.54) is 6.92 Å². The first-order chi connectivity index (χ1) is 11.5. The highest BCUT2D eigenvalue weighted by Gasteiger charge is 2.27. The van der Waals surface area contributed by atoms with Crippen LogP contribution in [0.5, 0.6) is 0 Å². The fourth-order valence-electron chi connectivity index (χ4n) is 2.09. The summed E-state index contributed by atoms with van der Waals surface area (Å²) in [7, 11) is 0. The molecule has 0 spiro atoms. The maximum absolute atomic E-state index is 12.2. The van der Waals surface area contributed by atoms with Gasteiger partial charge >= 0.3 is 5.97 Å². The summed E-state index contributed by atoms with van der Waals surface area (Å²) in [6.07, 6.45) is 0.492. The topological polar surface area (TPSA) is 151 Å². The third-order valence-corrected chi connectivity index (χ3v) is 3.47. The first-order valence-corrected chi connectivity index (χ1v) is 8.31. The van der Waals surface area contributed by atoms with Crippen molar-refractivity contribution in [1.82, 2.24) is 16.0 Å². The molecule has 0 radical (unpaired) electrons. The van der Waals surface area contributed by atoms with E-state index in [0.29, 0.717) is 6.42 Å². The van der Waals surface area contributed by atoms with E-state index in [2.05, 4.69) is 16.0 Å². The van der Waals surface area contributed by atoms with Crippen LogP contribution in [0.1, 0.15) is 41.0 Å². The summed E-state index contributed by atoms with van der Waals surface area (Å²) >= 11 is 0. The predicted molar refractivity (Wildman–Crippen MR) is 92.4 cm³/mol. The van der Waals surface area contributed by atoms with Crippen molar-refractivity contribution in [2.75, 3.05) is 6.54 Å². The molecule has 0 aromatic carbocycles. The summed E-state index contributed by atoms with van der Waals surface area (Å²) in [4.78, 5) is 46.7.